The van der Waals surface area contributed by atoms with Gasteiger partial charge in [0.1, 0.15) is 0 Å². The molecule has 1 unspecified atom stereocenters. The molecule has 0 aliphatic heterocycles. The zero-order valence-electron chi connectivity index (χ0n) is 9.75. The minimum absolute atomic E-state index is 0.0926. The van der Waals surface area contributed by atoms with Crippen LogP contribution in [0.1, 0.15) is 32.6 Å². The van der Waals surface area contributed by atoms with Crippen molar-refractivity contribution < 1.29 is 4.79 Å². The molecule has 2 saturated carbocycles. The highest BCUT2D eigenvalue weighted by atomic mass is 16.1. The monoisotopic (exact) mass is 210 g/mol. The zero-order chi connectivity index (χ0) is 10.8. The summed E-state index contributed by atoms with van der Waals surface area (Å²) in [5.74, 6) is 1.91. The highest BCUT2D eigenvalue weighted by molar-refractivity contribution is 5.79. The Morgan fingerprint density at radius 3 is 2.20 bits per heavy atom. The first-order chi connectivity index (χ1) is 7.22. The molecule has 1 atom stereocenters. The number of carbonyl (C=O) groups is 1. The summed E-state index contributed by atoms with van der Waals surface area (Å²) < 4.78 is 0. The normalized spacial score (nSPS) is 22.9. The number of carbonyl (C=O) groups excluding carboxylic acids is 1. The van der Waals surface area contributed by atoms with E-state index in [0.29, 0.717) is 6.04 Å². The second-order valence-electron chi connectivity index (χ2n) is 5.17. The van der Waals surface area contributed by atoms with Gasteiger partial charge in [0.25, 0.3) is 0 Å². The lowest BCUT2D eigenvalue weighted by atomic mass is 10.1. The molecule has 0 spiro atoms. The van der Waals surface area contributed by atoms with Gasteiger partial charge in [0.15, 0.2) is 0 Å². The van der Waals surface area contributed by atoms with Gasteiger partial charge >= 0.3 is 0 Å². The number of nitrogens with one attached hydrogen (secondary N) is 2. The topological polar surface area (TPSA) is 41.1 Å². The molecule has 0 aromatic heterocycles. The number of hydrogen-bond acceptors (Lipinski definition) is 2. The van der Waals surface area contributed by atoms with Crippen molar-refractivity contribution in [3.05, 3.63) is 0 Å². The van der Waals surface area contributed by atoms with Gasteiger partial charge in [-0.15, -0.1) is 0 Å². The van der Waals surface area contributed by atoms with Crippen LogP contribution >= 0.6 is 0 Å². The van der Waals surface area contributed by atoms with Crippen LogP contribution in [0, 0.1) is 17.8 Å². The summed E-state index contributed by atoms with van der Waals surface area (Å²) in [7, 11) is 1.89. The van der Waals surface area contributed by atoms with Crippen LogP contribution in [0.5, 0.6) is 0 Å². The van der Waals surface area contributed by atoms with Crippen LogP contribution in [-0.4, -0.2) is 25.5 Å². The highest BCUT2D eigenvalue weighted by Crippen LogP contribution is 2.44. The van der Waals surface area contributed by atoms with Crippen LogP contribution in [-0.2, 0) is 4.79 Å². The summed E-state index contributed by atoms with van der Waals surface area (Å²) in [5.41, 5.74) is 0. The highest BCUT2D eigenvalue weighted by Gasteiger charge is 2.42. The lowest BCUT2D eigenvalue weighted by Crippen LogP contribution is -2.43. The fraction of sp³-hybridized carbons (Fsp3) is 0.917. The Hall–Kier alpha value is -0.570. The van der Waals surface area contributed by atoms with Crippen molar-refractivity contribution in [2.45, 2.75) is 38.6 Å². The van der Waals surface area contributed by atoms with E-state index in [1.807, 2.05) is 14.0 Å². The van der Waals surface area contributed by atoms with E-state index in [9.17, 15) is 4.79 Å². The first kappa shape index (κ1) is 10.9. The van der Waals surface area contributed by atoms with Crippen LogP contribution in [0.4, 0.5) is 0 Å². The number of amides is 1. The molecule has 0 aromatic rings. The number of rotatable bonds is 6. The van der Waals surface area contributed by atoms with Crippen molar-refractivity contribution in [2.24, 2.45) is 17.8 Å². The first-order valence-corrected chi connectivity index (χ1v) is 6.17. The quantitative estimate of drug-likeness (QED) is 0.690. The lowest BCUT2D eigenvalue weighted by molar-refractivity contribution is -0.125. The summed E-state index contributed by atoms with van der Waals surface area (Å²) >= 11 is 0. The second kappa shape index (κ2) is 4.52. The fourth-order valence-electron chi connectivity index (χ4n) is 2.24. The average molecular weight is 210 g/mol. The zero-order valence-corrected chi connectivity index (χ0v) is 9.75. The SMILES string of the molecule is CNCC(C)C(=O)NC(C1CC1)C1CC1. The van der Waals surface area contributed by atoms with Crippen molar-refractivity contribution in [1.29, 1.82) is 0 Å². The minimum atomic E-state index is 0.0926. The molecule has 86 valence electrons. The Labute approximate surface area is 92.0 Å². The molecule has 2 N–H and O–H groups in total. The molecular weight excluding hydrogens is 188 g/mol. The molecule has 0 heterocycles. The molecule has 15 heavy (non-hydrogen) atoms. The molecule has 2 aliphatic carbocycles. The van der Waals surface area contributed by atoms with Gasteiger partial charge in [-0.3, -0.25) is 4.79 Å². The second-order valence-corrected chi connectivity index (χ2v) is 5.17. The lowest BCUT2D eigenvalue weighted by Gasteiger charge is -2.20. The van der Waals surface area contributed by atoms with E-state index in [4.69, 9.17) is 0 Å². The van der Waals surface area contributed by atoms with E-state index in [0.717, 1.165) is 18.4 Å². The first-order valence-electron chi connectivity index (χ1n) is 6.17. The van der Waals surface area contributed by atoms with Gasteiger partial charge in [-0.05, 0) is 44.6 Å². The van der Waals surface area contributed by atoms with E-state index in [1.54, 1.807) is 0 Å². The minimum Gasteiger partial charge on any atom is -0.353 e. The Balaban J connectivity index is 1.80. The third-order valence-electron chi connectivity index (χ3n) is 3.53. The van der Waals surface area contributed by atoms with Crippen LogP contribution in [0.2, 0.25) is 0 Å². The van der Waals surface area contributed by atoms with Gasteiger partial charge in [-0.25, -0.2) is 0 Å². The van der Waals surface area contributed by atoms with Gasteiger partial charge in [0.05, 0.1) is 0 Å². The van der Waals surface area contributed by atoms with Crippen molar-refractivity contribution in [3.8, 4) is 0 Å². The maximum atomic E-state index is 11.9. The van der Waals surface area contributed by atoms with Crippen molar-refractivity contribution in [2.75, 3.05) is 13.6 Å². The van der Waals surface area contributed by atoms with Crippen molar-refractivity contribution in [3.63, 3.8) is 0 Å². The summed E-state index contributed by atoms with van der Waals surface area (Å²) in [6.07, 6.45) is 5.29. The maximum absolute atomic E-state index is 11.9. The summed E-state index contributed by atoms with van der Waals surface area (Å²) in [4.78, 5) is 11.9. The van der Waals surface area contributed by atoms with Crippen molar-refractivity contribution in [1.82, 2.24) is 10.6 Å². The molecule has 1 amide bonds. The molecular formula is C12H22N2O. The van der Waals surface area contributed by atoms with Crippen LogP contribution in [0.3, 0.4) is 0 Å². The summed E-state index contributed by atoms with van der Waals surface area (Å²) in [6, 6.07) is 0.497. The molecule has 2 fully saturated rings. The Bertz CT molecular complexity index is 222. The molecule has 3 heteroatoms. The van der Waals surface area contributed by atoms with E-state index in [1.165, 1.54) is 25.7 Å². The Morgan fingerprint density at radius 2 is 1.80 bits per heavy atom. The largest absolute Gasteiger partial charge is 0.353 e. The maximum Gasteiger partial charge on any atom is 0.224 e. The van der Waals surface area contributed by atoms with E-state index < -0.39 is 0 Å². The van der Waals surface area contributed by atoms with E-state index in [2.05, 4.69) is 10.6 Å². The molecule has 2 rings (SSSR count). The van der Waals surface area contributed by atoms with Gasteiger partial charge in [-0.2, -0.15) is 0 Å². The third-order valence-corrected chi connectivity index (χ3v) is 3.53. The predicted molar refractivity (Wildman–Crippen MR) is 60.5 cm³/mol. The molecule has 3 nitrogen and oxygen atoms in total. The van der Waals surface area contributed by atoms with Gasteiger partial charge in [0.2, 0.25) is 5.91 Å². The molecule has 2 aliphatic rings. The summed E-state index contributed by atoms with van der Waals surface area (Å²) in [5, 5.41) is 6.30. The van der Waals surface area contributed by atoms with E-state index in [-0.39, 0.29) is 11.8 Å². The smallest absolute Gasteiger partial charge is 0.224 e. The molecule has 0 saturated heterocycles. The predicted octanol–water partition coefficient (Wildman–Crippen LogP) is 1.15. The van der Waals surface area contributed by atoms with E-state index >= 15 is 0 Å². The average Bonchev–Trinajstić information content (AvgIpc) is 3.03. The van der Waals surface area contributed by atoms with Crippen LogP contribution < -0.4 is 10.6 Å². The standard InChI is InChI=1S/C12H22N2O/c1-8(7-13-2)12(15)14-11(9-3-4-9)10-5-6-10/h8-11,13H,3-7H2,1-2H3,(H,14,15). The Kier molecular flexibility index (Phi) is 3.29. The van der Waals surface area contributed by atoms with Gasteiger partial charge < -0.3 is 10.6 Å². The van der Waals surface area contributed by atoms with Crippen molar-refractivity contribution >= 4 is 5.91 Å². The fourth-order valence-corrected chi connectivity index (χ4v) is 2.24. The van der Waals surface area contributed by atoms with Gasteiger partial charge in [-0.1, -0.05) is 6.92 Å². The molecule has 0 bridgehead atoms. The Morgan fingerprint density at radius 1 is 1.27 bits per heavy atom. The van der Waals surface area contributed by atoms with Crippen LogP contribution in [0.15, 0.2) is 0 Å². The molecule has 0 radical (unpaired) electrons. The number of hydrogen-bond donors (Lipinski definition) is 2. The molecule has 0 aromatic carbocycles. The summed E-state index contributed by atoms with van der Waals surface area (Å²) in [6.45, 7) is 2.76. The van der Waals surface area contributed by atoms with Crippen LogP contribution in [0.25, 0.3) is 0 Å². The van der Waals surface area contributed by atoms with Gasteiger partial charge in [0, 0.05) is 18.5 Å². The third kappa shape index (κ3) is 2.94.